The molecule has 0 radical (unpaired) electrons. The SMILES string of the molecule is C[C@@H](NC(=O)[C@@H](CC(=O)c1ccc(C(C)(C)C)s1)Cc1ccc(-c2ncc(-c3ccc(OC(F)(F)F)c(OCC4CC4)c3)cn2)cc1)C(=O)O. The number of carbonyl (C=O) groups excluding carboxylic acids is 2. The Labute approximate surface area is 291 Å². The largest absolute Gasteiger partial charge is 0.573 e. The smallest absolute Gasteiger partial charge is 0.489 e. The topological polar surface area (TPSA) is 128 Å². The number of nitrogens with zero attached hydrogens (tertiary/aromatic N) is 2. The summed E-state index contributed by atoms with van der Waals surface area (Å²) in [6, 6.07) is 13.9. The molecule has 0 unspecified atom stereocenters. The first-order valence-electron chi connectivity index (χ1n) is 16.2. The van der Waals surface area contributed by atoms with E-state index in [0.29, 0.717) is 39.9 Å². The number of hydrogen-bond donors (Lipinski definition) is 2. The molecule has 5 rings (SSSR count). The van der Waals surface area contributed by atoms with Crippen molar-refractivity contribution in [2.45, 2.75) is 71.2 Å². The number of carboxylic acid groups (broad SMARTS) is 1. The van der Waals surface area contributed by atoms with Gasteiger partial charge in [0.2, 0.25) is 5.91 Å². The lowest BCUT2D eigenvalue weighted by Gasteiger charge is -2.18. The maximum Gasteiger partial charge on any atom is 0.573 e. The number of aliphatic carboxylic acids is 1. The highest BCUT2D eigenvalue weighted by Crippen LogP contribution is 2.38. The van der Waals surface area contributed by atoms with Crippen LogP contribution in [0.15, 0.2) is 67.0 Å². The van der Waals surface area contributed by atoms with Crippen LogP contribution in [-0.4, -0.2) is 51.7 Å². The van der Waals surface area contributed by atoms with E-state index in [1.165, 1.54) is 36.5 Å². The van der Waals surface area contributed by atoms with Crippen molar-refractivity contribution in [3.8, 4) is 34.0 Å². The Morgan fingerprint density at radius 2 is 1.60 bits per heavy atom. The molecule has 1 saturated carbocycles. The Morgan fingerprint density at radius 3 is 2.18 bits per heavy atom. The number of halogens is 3. The van der Waals surface area contributed by atoms with Crippen molar-refractivity contribution in [3.63, 3.8) is 0 Å². The lowest BCUT2D eigenvalue weighted by atomic mass is 9.92. The van der Waals surface area contributed by atoms with E-state index in [4.69, 9.17) is 4.74 Å². The van der Waals surface area contributed by atoms with Gasteiger partial charge in [0.1, 0.15) is 6.04 Å². The summed E-state index contributed by atoms with van der Waals surface area (Å²) in [7, 11) is 0. The second-order valence-electron chi connectivity index (χ2n) is 13.5. The molecule has 0 bridgehead atoms. The van der Waals surface area contributed by atoms with Gasteiger partial charge in [0, 0.05) is 40.7 Å². The summed E-state index contributed by atoms with van der Waals surface area (Å²) in [6.45, 7) is 7.84. The van der Waals surface area contributed by atoms with Crippen molar-refractivity contribution >= 4 is 29.0 Å². The fourth-order valence-electron chi connectivity index (χ4n) is 5.07. The number of carboxylic acids is 1. The zero-order chi connectivity index (χ0) is 36.2. The van der Waals surface area contributed by atoms with Gasteiger partial charge in [-0.3, -0.25) is 14.4 Å². The number of carbonyl (C=O) groups is 3. The van der Waals surface area contributed by atoms with Crippen LogP contribution in [-0.2, 0) is 21.4 Å². The average Bonchev–Trinajstić information content (AvgIpc) is 3.74. The first-order valence-corrected chi connectivity index (χ1v) is 17.0. The molecule has 9 nitrogen and oxygen atoms in total. The van der Waals surface area contributed by atoms with E-state index in [1.54, 1.807) is 42.7 Å². The molecule has 1 aliphatic rings. The molecule has 2 N–H and O–H groups in total. The summed E-state index contributed by atoms with van der Waals surface area (Å²) < 4.78 is 48.7. The Morgan fingerprint density at radius 1 is 0.940 bits per heavy atom. The van der Waals surface area contributed by atoms with Gasteiger partial charge in [-0.25, -0.2) is 9.97 Å². The van der Waals surface area contributed by atoms with E-state index in [-0.39, 0.29) is 29.8 Å². The second-order valence-corrected chi connectivity index (χ2v) is 14.6. The lowest BCUT2D eigenvalue weighted by Crippen LogP contribution is -2.42. The van der Waals surface area contributed by atoms with Crippen LogP contribution in [0.25, 0.3) is 22.5 Å². The fourth-order valence-corrected chi connectivity index (χ4v) is 6.08. The van der Waals surface area contributed by atoms with Crippen molar-refractivity contribution in [2.24, 2.45) is 11.8 Å². The first kappa shape index (κ1) is 36.5. The molecule has 1 fully saturated rings. The summed E-state index contributed by atoms with van der Waals surface area (Å²) >= 11 is 1.39. The summed E-state index contributed by atoms with van der Waals surface area (Å²) in [5, 5.41) is 11.8. The molecule has 2 heterocycles. The van der Waals surface area contributed by atoms with Gasteiger partial charge < -0.3 is 19.9 Å². The standard InChI is InChI=1S/C37H38F3N3O6S/c1-21(35(46)47)43-34(45)26(16-28(44)31-13-14-32(50-31)36(2,3)4)15-22-7-9-24(10-8-22)33-41-18-27(19-42-33)25-11-12-29(49-37(38,39)40)30(17-25)48-20-23-5-6-23/h7-14,17-19,21,23,26H,5-6,15-16,20H2,1-4H3,(H,43,45)(H,46,47)/t21-,26-/m1/s1. The molecule has 2 aromatic carbocycles. The molecule has 264 valence electrons. The minimum absolute atomic E-state index is 0.0115. The molecule has 0 aliphatic heterocycles. The molecule has 13 heteroatoms. The number of amides is 1. The van der Waals surface area contributed by atoms with Crippen molar-refractivity contribution in [1.29, 1.82) is 0 Å². The lowest BCUT2D eigenvalue weighted by molar-refractivity contribution is -0.275. The molecule has 2 atom stereocenters. The minimum atomic E-state index is -4.86. The van der Waals surface area contributed by atoms with Gasteiger partial charge in [0.25, 0.3) is 0 Å². The van der Waals surface area contributed by atoms with Crippen LogP contribution < -0.4 is 14.8 Å². The molecule has 0 spiro atoms. The van der Waals surface area contributed by atoms with Crippen LogP contribution in [0, 0.1) is 11.8 Å². The molecular weight excluding hydrogens is 671 g/mol. The van der Waals surface area contributed by atoms with Gasteiger partial charge in [-0.05, 0) is 72.9 Å². The Balaban J connectivity index is 1.30. The number of rotatable bonds is 14. The third-order valence-electron chi connectivity index (χ3n) is 8.17. The molecular formula is C37H38F3N3O6S. The van der Waals surface area contributed by atoms with E-state index in [9.17, 15) is 32.7 Å². The number of aromatic nitrogens is 2. The van der Waals surface area contributed by atoms with Crippen LogP contribution in [0.5, 0.6) is 11.5 Å². The summed E-state index contributed by atoms with van der Waals surface area (Å²) in [4.78, 5) is 48.4. The zero-order valence-electron chi connectivity index (χ0n) is 28.0. The van der Waals surface area contributed by atoms with Gasteiger partial charge in [-0.1, -0.05) is 51.1 Å². The molecule has 4 aromatic rings. The third kappa shape index (κ3) is 9.90. The maximum absolute atomic E-state index is 13.3. The van der Waals surface area contributed by atoms with E-state index in [0.717, 1.165) is 23.3 Å². The van der Waals surface area contributed by atoms with Crippen LogP contribution >= 0.6 is 11.3 Å². The molecule has 0 saturated heterocycles. The number of ether oxygens (including phenoxy) is 2. The van der Waals surface area contributed by atoms with Crippen LogP contribution in [0.3, 0.4) is 0 Å². The summed E-state index contributed by atoms with van der Waals surface area (Å²) in [6.07, 6.45) is 0.315. The van der Waals surface area contributed by atoms with Crippen LogP contribution in [0.1, 0.15) is 67.1 Å². The highest BCUT2D eigenvalue weighted by atomic mass is 32.1. The number of Topliss-reactive ketones (excluding diaryl/α,β-unsaturated/α-hetero) is 1. The van der Waals surface area contributed by atoms with Gasteiger partial charge in [-0.2, -0.15) is 0 Å². The quantitative estimate of drug-likeness (QED) is 0.127. The normalized spacial score (nSPS) is 14.5. The van der Waals surface area contributed by atoms with Crippen molar-refractivity contribution in [2.75, 3.05) is 6.61 Å². The fraction of sp³-hybridized carbons (Fsp3) is 0.378. The zero-order valence-corrected chi connectivity index (χ0v) is 28.9. The number of benzene rings is 2. The third-order valence-corrected chi connectivity index (χ3v) is 9.72. The monoisotopic (exact) mass is 709 g/mol. The van der Waals surface area contributed by atoms with Gasteiger partial charge in [0.05, 0.1) is 11.5 Å². The Kier molecular flexibility index (Phi) is 10.9. The molecule has 50 heavy (non-hydrogen) atoms. The van der Waals surface area contributed by atoms with E-state index in [2.05, 4.69) is 40.8 Å². The molecule has 2 aromatic heterocycles. The van der Waals surface area contributed by atoms with Crippen molar-refractivity contribution < 1.29 is 42.1 Å². The number of nitrogens with one attached hydrogen (secondary N) is 1. The highest BCUT2D eigenvalue weighted by Gasteiger charge is 2.33. The minimum Gasteiger partial charge on any atom is -0.489 e. The van der Waals surface area contributed by atoms with Crippen molar-refractivity contribution in [1.82, 2.24) is 15.3 Å². The highest BCUT2D eigenvalue weighted by molar-refractivity contribution is 7.14. The number of ketones is 1. The second kappa shape index (κ2) is 15.0. The summed E-state index contributed by atoms with van der Waals surface area (Å²) in [5.74, 6) is -2.41. The number of hydrogen-bond acceptors (Lipinski definition) is 8. The van der Waals surface area contributed by atoms with Crippen molar-refractivity contribution in [3.05, 3.63) is 82.3 Å². The van der Waals surface area contributed by atoms with Crippen LogP contribution in [0.2, 0.25) is 0 Å². The van der Waals surface area contributed by atoms with Crippen LogP contribution in [0.4, 0.5) is 13.2 Å². The van der Waals surface area contributed by atoms with E-state index in [1.807, 2.05) is 6.07 Å². The number of alkyl halides is 3. The Bertz CT molecular complexity index is 1830. The predicted octanol–water partition coefficient (Wildman–Crippen LogP) is 7.88. The van der Waals surface area contributed by atoms with Gasteiger partial charge >= 0.3 is 12.3 Å². The maximum atomic E-state index is 13.3. The van der Waals surface area contributed by atoms with Gasteiger partial charge in [-0.15, -0.1) is 24.5 Å². The predicted molar refractivity (Wildman–Crippen MR) is 182 cm³/mol. The number of thiophene rings is 1. The van der Waals surface area contributed by atoms with Gasteiger partial charge in [0.15, 0.2) is 23.1 Å². The summed E-state index contributed by atoms with van der Waals surface area (Å²) in [5.41, 5.74) is 2.42. The van der Waals surface area contributed by atoms with E-state index < -0.39 is 35.9 Å². The molecule has 1 amide bonds. The Hall–Kier alpha value is -4.78. The first-order chi connectivity index (χ1) is 23.6. The molecule has 1 aliphatic carbocycles. The average molecular weight is 710 g/mol. The van der Waals surface area contributed by atoms with E-state index >= 15 is 0 Å².